The zero-order valence-corrected chi connectivity index (χ0v) is 19.3. The Morgan fingerprint density at radius 1 is 1.12 bits per heavy atom. The maximum atomic E-state index is 10.8. The van der Waals surface area contributed by atoms with Gasteiger partial charge < -0.3 is 20.3 Å². The van der Waals surface area contributed by atoms with Gasteiger partial charge in [0.05, 0.1) is 5.60 Å². The zero-order chi connectivity index (χ0) is 18.7. The van der Waals surface area contributed by atoms with Crippen molar-refractivity contribution in [2.45, 2.75) is 78.4 Å². The highest BCUT2D eigenvalue weighted by Gasteiger charge is 2.25. The third kappa shape index (κ3) is 8.66. The van der Waals surface area contributed by atoms with Crippen LogP contribution in [0.5, 0.6) is 0 Å². The number of hydrogen-bond acceptors (Lipinski definition) is 4. The maximum absolute atomic E-state index is 10.8. The lowest BCUT2D eigenvalue weighted by Gasteiger charge is -2.28. The molecule has 0 aliphatic carbocycles. The lowest BCUT2D eigenvalue weighted by molar-refractivity contribution is 0.0257. The van der Waals surface area contributed by atoms with E-state index in [9.17, 15) is 5.11 Å². The Kier molecular flexibility index (Phi) is 12.8. The first-order valence-corrected chi connectivity index (χ1v) is 9.55. The second-order valence-corrected chi connectivity index (χ2v) is 6.75. The molecule has 1 rings (SSSR count). The molecule has 0 aliphatic heterocycles. The van der Waals surface area contributed by atoms with Gasteiger partial charge in [0.1, 0.15) is 12.4 Å². The molecule has 0 fully saturated rings. The van der Waals surface area contributed by atoms with Crippen molar-refractivity contribution in [2.24, 2.45) is 12.0 Å². The molecule has 152 valence electrons. The van der Waals surface area contributed by atoms with Gasteiger partial charge in [0.15, 0.2) is 11.8 Å². The Hall–Kier alpha value is -0.900. The van der Waals surface area contributed by atoms with Crippen molar-refractivity contribution in [3.8, 4) is 0 Å². The Labute approximate surface area is 175 Å². The molecule has 1 heterocycles. The summed E-state index contributed by atoms with van der Waals surface area (Å²) in [6.07, 6.45) is 5.71. The first-order chi connectivity index (χ1) is 12.0. The minimum absolute atomic E-state index is 0. The number of aryl methyl sites for hydroxylation is 1. The van der Waals surface area contributed by atoms with Crippen molar-refractivity contribution in [3.63, 3.8) is 0 Å². The molecular weight excluding hydrogens is 443 g/mol. The second-order valence-electron chi connectivity index (χ2n) is 6.75. The number of aliphatic imine (C=N–C) groups is 1. The average molecular weight is 480 g/mol. The summed E-state index contributed by atoms with van der Waals surface area (Å²) in [5.41, 5.74) is -0.682. The average Bonchev–Trinajstić information content (AvgIpc) is 2.89. The van der Waals surface area contributed by atoms with E-state index in [1.165, 1.54) is 0 Å². The smallest absolute Gasteiger partial charge is 0.191 e. The van der Waals surface area contributed by atoms with Gasteiger partial charge in [0, 0.05) is 20.1 Å². The van der Waals surface area contributed by atoms with Gasteiger partial charge in [0.25, 0.3) is 0 Å². The predicted octanol–water partition coefficient (Wildman–Crippen LogP) is 2.91. The Balaban J connectivity index is 0.00000625. The molecular formula is C18H37IN6O. The second kappa shape index (κ2) is 13.3. The van der Waals surface area contributed by atoms with Gasteiger partial charge >= 0.3 is 0 Å². The van der Waals surface area contributed by atoms with Crippen LogP contribution in [0.25, 0.3) is 0 Å². The summed E-state index contributed by atoms with van der Waals surface area (Å²) < 4.78 is 1.94. The normalized spacial score (nSPS) is 12.0. The van der Waals surface area contributed by atoms with E-state index in [0.717, 1.165) is 62.7 Å². The SMILES string of the molecule is CCCCNC(=NCc1nnc(C)n1C)NCC(O)(CCC)CCC.I. The van der Waals surface area contributed by atoms with Crippen LogP contribution < -0.4 is 10.6 Å². The molecule has 0 amide bonds. The Morgan fingerprint density at radius 3 is 2.27 bits per heavy atom. The van der Waals surface area contributed by atoms with E-state index in [4.69, 9.17) is 0 Å². The van der Waals surface area contributed by atoms with Crippen molar-refractivity contribution < 1.29 is 5.11 Å². The highest BCUT2D eigenvalue weighted by atomic mass is 127. The summed E-state index contributed by atoms with van der Waals surface area (Å²) in [5, 5.41) is 25.7. The minimum Gasteiger partial charge on any atom is -0.388 e. The monoisotopic (exact) mass is 480 g/mol. The third-order valence-electron chi connectivity index (χ3n) is 4.40. The molecule has 0 aliphatic rings. The van der Waals surface area contributed by atoms with E-state index in [2.05, 4.69) is 46.6 Å². The van der Waals surface area contributed by atoms with Crippen LogP contribution in [0.1, 0.15) is 70.9 Å². The van der Waals surface area contributed by atoms with Gasteiger partial charge in [0.2, 0.25) is 0 Å². The number of halogens is 1. The molecule has 0 spiro atoms. The molecule has 0 aromatic carbocycles. The van der Waals surface area contributed by atoms with Crippen LogP contribution in [0, 0.1) is 6.92 Å². The molecule has 7 nitrogen and oxygen atoms in total. The molecule has 0 saturated heterocycles. The highest BCUT2D eigenvalue weighted by Crippen LogP contribution is 2.18. The highest BCUT2D eigenvalue weighted by molar-refractivity contribution is 14.0. The van der Waals surface area contributed by atoms with Gasteiger partial charge in [-0.25, -0.2) is 4.99 Å². The molecule has 0 unspecified atom stereocenters. The van der Waals surface area contributed by atoms with Crippen LogP contribution >= 0.6 is 24.0 Å². The van der Waals surface area contributed by atoms with Crippen LogP contribution in [-0.2, 0) is 13.6 Å². The Morgan fingerprint density at radius 2 is 1.77 bits per heavy atom. The number of rotatable bonds is 11. The number of aromatic nitrogens is 3. The predicted molar refractivity (Wildman–Crippen MR) is 118 cm³/mol. The summed E-state index contributed by atoms with van der Waals surface area (Å²) in [5.74, 6) is 2.42. The fourth-order valence-electron chi connectivity index (χ4n) is 2.78. The lowest BCUT2D eigenvalue weighted by atomic mass is 9.93. The van der Waals surface area contributed by atoms with Crippen LogP contribution in [0.2, 0.25) is 0 Å². The Bertz CT molecular complexity index is 526. The van der Waals surface area contributed by atoms with Gasteiger partial charge in [-0.2, -0.15) is 0 Å². The molecule has 0 radical (unpaired) electrons. The van der Waals surface area contributed by atoms with Crippen LogP contribution in [-0.4, -0.2) is 44.5 Å². The van der Waals surface area contributed by atoms with E-state index < -0.39 is 5.60 Å². The van der Waals surface area contributed by atoms with Crippen molar-refractivity contribution in [1.29, 1.82) is 0 Å². The quantitative estimate of drug-likeness (QED) is 0.196. The molecule has 1 aromatic rings. The summed E-state index contributed by atoms with van der Waals surface area (Å²) in [6, 6.07) is 0. The third-order valence-corrected chi connectivity index (χ3v) is 4.40. The molecule has 26 heavy (non-hydrogen) atoms. The van der Waals surface area contributed by atoms with Crippen LogP contribution in [0.4, 0.5) is 0 Å². The van der Waals surface area contributed by atoms with E-state index in [0.29, 0.717) is 13.1 Å². The first-order valence-electron chi connectivity index (χ1n) is 9.55. The number of guanidine groups is 1. The molecule has 3 N–H and O–H groups in total. The number of unbranched alkanes of at least 4 members (excludes halogenated alkanes) is 1. The minimum atomic E-state index is -0.682. The topological polar surface area (TPSA) is 87.4 Å². The number of aliphatic hydroxyl groups is 1. The molecule has 0 saturated carbocycles. The van der Waals surface area contributed by atoms with Crippen molar-refractivity contribution in [2.75, 3.05) is 13.1 Å². The summed E-state index contributed by atoms with van der Waals surface area (Å²) in [7, 11) is 1.94. The van der Waals surface area contributed by atoms with Crippen molar-refractivity contribution in [3.05, 3.63) is 11.6 Å². The summed E-state index contributed by atoms with van der Waals surface area (Å²) in [4.78, 5) is 4.62. The van der Waals surface area contributed by atoms with E-state index in [1.54, 1.807) is 0 Å². The van der Waals surface area contributed by atoms with Crippen molar-refractivity contribution in [1.82, 2.24) is 25.4 Å². The zero-order valence-electron chi connectivity index (χ0n) is 17.0. The number of nitrogens with zero attached hydrogens (tertiary/aromatic N) is 4. The van der Waals surface area contributed by atoms with Crippen LogP contribution in [0.15, 0.2) is 4.99 Å². The van der Waals surface area contributed by atoms with Gasteiger partial charge in [-0.05, 0) is 26.2 Å². The van der Waals surface area contributed by atoms with Gasteiger partial charge in [-0.15, -0.1) is 34.2 Å². The molecule has 1 aromatic heterocycles. The lowest BCUT2D eigenvalue weighted by Crippen LogP contribution is -2.47. The van der Waals surface area contributed by atoms with E-state index in [-0.39, 0.29) is 24.0 Å². The maximum Gasteiger partial charge on any atom is 0.191 e. The van der Waals surface area contributed by atoms with E-state index >= 15 is 0 Å². The number of nitrogens with one attached hydrogen (secondary N) is 2. The van der Waals surface area contributed by atoms with E-state index in [1.807, 2.05) is 18.5 Å². The van der Waals surface area contributed by atoms with Gasteiger partial charge in [-0.3, -0.25) is 0 Å². The van der Waals surface area contributed by atoms with Crippen molar-refractivity contribution >= 4 is 29.9 Å². The fourth-order valence-corrected chi connectivity index (χ4v) is 2.78. The largest absolute Gasteiger partial charge is 0.388 e. The number of hydrogen-bond donors (Lipinski definition) is 3. The summed E-state index contributed by atoms with van der Waals surface area (Å²) in [6.45, 7) is 10.1. The molecule has 8 heteroatoms. The summed E-state index contributed by atoms with van der Waals surface area (Å²) >= 11 is 0. The first kappa shape index (κ1) is 25.1. The molecule has 0 bridgehead atoms. The van der Waals surface area contributed by atoms with Gasteiger partial charge in [-0.1, -0.05) is 40.0 Å². The molecule has 0 atom stereocenters. The standard InChI is InChI=1S/C18H36N6O.HI/c1-6-9-12-19-17(20-13-16-23-22-15(4)24(16)5)21-14-18(25,10-7-2)11-8-3;/h25H,6-14H2,1-5H3,(H2,19,20,21);1H. The fraction of sp³-hybridized carbons (Fsp3) is 0.833. The van der Waals surface area contributed by atoms with Crippen LogP contribution in [0.3, 0.4) is 0 Å².